The Morgan fingerprint density at radius 1 is 1.27 bits per heavy atom. The molecule has 63 valence electrons. The molecule has 1 fully saturated rings. The Labute approximate surface area is 96.4 Å². The minimum absolute atomic E-state index is 0. The first-order valence-electron chi connectivity index (χ1n) is 4.62. The molecule has 1 aliphatic carbocycles. The van der Waals surface area contributed by atoms with E-state index in [0.717, 1.165) is 17.8 Å². The van der Waals surface area contributed by atoms with Crippen molar-refractivity contribution in [2.75, 3.05) is 0 Å². The van der Waals surface area contributed by atoms with Crippen LogP contribution in [0.4, 0.5) is 0 Å². The Bertz CT molecular complexity index is 101. The molecule has 0 aromatic carbocycles. The molecule has 1 saturated carbocycles. The summed E-state index contributed by atoms with van der Waals surface area (Å²) in [7, 11) is 0. The van der Waals surface area contributed by atoms with Crippen LogP contribution in [0.1, 0.15) is 40.0 Å². The van der Waals surface area contributed by atoms with Crippen LogP contribution in [0.3, 0.4) is 0 Å². The van der Waals surface area contributed by atoms with Gasteiger partial charge in [0.15, 0.2) is 0 Å². The molecule has 0 heterocycles. The van der Waals surface area contributed by atoms with Crippen LogP contribution in [0.15, 0.2) is 0 Å². The predicted octanol–water partition coefficient (Wildman–Crippen LogP) is 3.28. The van der Waals surface area contributed by atoms with Gasteiger partial charge < -0.3 is 6.42 Å². The van der Waals surface area contributed by atoms with Crippen molar-refractivity contribution < 1.29 is 32.7 Å². The summed E-state index contributed by atoms with van der Waals surface area (Å²) in [6.07, 6.45) is 6.72. The normalized spacial score (nSPS) is 36.8. The van der Waals surface area contributed by atoms with Gasteiger partial charge in [0.1, 0.15) is 0 Å². The van der Waals surface area contributed by atoms with Crippen molar-refractivity contribution in [1.29, 1.82) is 0 Å². The van der Waals surface area contributed by atoms with Crippen LogP contribution in [0.5, 0.6) is 0 Å². The van der Waals surface area contributed by atoms with E-state index < -0.39 is 0 Å². The molecule has 0 aromatic rings. The minimum atomic E-state index is 0. The van der Waals surface area contributed by atoms with E-state index in [1.54, 1.807) is 0 Å². The second kappa shape index (κ2) is 5.70. The van der Waals surface area contributed by atoms with Gasteiger partial charge in [-0.05, 0) is 0 Å². The Kier molecular flexibility index (Phi) is 6.27. The number of hydrogen-bond acceptors (Lipinski definition) is 0. The molecular formula is C10H19Y-. The largest absolute Gasteiger partial charge is 0.322 e. The van der Waals surface area contributed by atoms with Crippen LogP contribution in [-0.2, 0) is 32.7 Å². The zero-order chi connectivity index (χ0) is 7.56. The Hall–Kier alpha value is 1.10. The third kappa shape index (κ3) is 3.15. The zero-order valence-electron chi connectivity index (χ0n) is 8.01. The van der Waals surface area contributed by atoms with E-state index in [0.29, 0.717) is 0 Å². The molecule has 0 spiro atoms. The molecule has 0 bridgehead atoms. The first-order chi connectivity index (χ1) is 4.77. The van der Waals surface area contributed by atoms with Gasteiger partial charge in [-0.3, -0.25) is 0 Å². The van der Waals surface area contributed by atoms with Crippen LogP contribution >= 0.6 is 0 Å². The molecule has 0 saturated heterocycles. The van der Waals surface area contributed by atoms with Crippen LogP contribution in [0.2, 0.25) is 0 Å². The van der Waals surface area contributed by atoms with Gasteiger partial charge >= 0.3 is 0 Å². The van der Waals surface area contributed by atoms with E-state index in [1.807, 2.05) is 0 Å². The summed E-state index contributed by atoms with van der Waals surface area (Å²) in [5.74, 6) is 2.81. The third-order valence-electron chi connectivity index (χ3n) is 2.97. The van der Waals surface area contributed by atoms with Gasteiger partial charge in [-0.2, -0.15) is 11.8 Å². The molecule has 3 unspecified atom stereocenters. The molecule has 0 aromatic heterocycles. The van der Waals surface area contributed by atoms with Gasteiger partial charge in [-0.1, -0.05) is 46.0 Å². The first kappa shape index (κ1) is 12.1. The summed E-state index contributed by atoms with van der Waals surface area (Å²) in [5, 5.41) is 0. The number of rotatable bonds is 2. The van der Waals surface area contributed by atoms with Crippen LogP contribution in [0, 0.1) is 24.2 Å². The Morgan fingerprint density at radius 2 is 1.91 bits per heavy atom. The second-order valence-electron chi connectivity index (χ2n) is 3.62. The fourth-order valence-electron chi connectivity index (χ4n) is 2.11. The standard InChI is InChI=1S/C10H19.Y/c1-4-9-6-8(3)10(5-2)7-9;/h6,8-10H,4-5,7H2,1-3H3;/q-1;. The average molecular weight is 228 g/mol. The van der Waals surface area contributed by atoms with E-state index in [9.17, 15) is 0 Å². The van der Waals surface area contributed by atoms with Gasteiger partial charge in [0.05, 0.1) is 0 Å². The van der Waals surface area contributed by atoms with E-state index in [2.05, 4.69) is 27.2 Å². The fourth-order valence-corrected chi connectivity index (χ4v) is 2.11. The van der Waals surface area contributed by atoms with Crippen molar-refractivity contribution in [2.24, 2.45) is 17.8 Å². The van der Waals surface area contributed by atoms with E-state index >= 15 is 0 Å². The molecule has 1 rings (SSSR count). The van der Waals surface area contributed by atoms with Crippen molar-refractivity contribution >= 4 is 0 Å². The molecule has 0 amide bonds. The van der Waals surface area contributed by atoms with Crippen molar-refractivity contribution in [3.8, 4) is 0 Å². The molecule has 1 radical (unpaired) electrons. The molecule has 11 heavy (non-hydrogen) atoms. The fraction of sp³-hybridized carbons (Fsp3) is 0.900. The van der Waals surface area contributed by atoms with Crippen molar-refractivity contribution in [3.63, 3.8) is 0 Å². The van der Waals surface area contributed by atoms with Gasteiger partial charge in [0, 0.05) is 32.7 Å². The molecular weight excluding hydrogens is 209 g/mol. The predicted molar refractivity (Wildman–Crippen MR) is 45.6 cm³/mol. The second-order valence-corrected chi connectivity index (χ2v) is 3.62. The van der Waals surface area contributed by atoms with E-state index in [-0.39, 0.29) is 32.7 Å². The first-order valence-corrected chi connectivity index (χ1v) is 4.62. The van der Waals surface area contributed by atoms with Crippen LogP contribution in [-0.4, -0.2) is 0 Å². The van der Waals surface area contributed by atoms with E-state index in [1.165, 1.54) is 19.3 Å². The summed E-state index contributed by atoms with van der Waals surface area (Å²) in [5.41, 5.74) is 0. The molecule has 1 heteroatoms. The van der Waals surface area contributed by atoms with Crippen molar-refractivity contribution in [3.05, 3.63) is 6.42 Å². The molecule has 3 atom stereocenters. The quantitative estimate of drug-likeness (QED) is 0.636. The van der Waals surface area contributed by atoms with E-state index in [4.69, 9.17) is 0 Å². The molecule has 0 N–H and O–H groups in total. The smallest absolute Gasteiger partial charge is 0 e. The zero-order valence-corrected chi connectivity index (χ0v) is 10.8. The molecule has 0 aliphatic heterocycles. The third-order valence-corrected chi connectivity index (χ3v) is 2.97. The maximum absolute atomic E-state index is 2.55. The summed E-state index contributed by atoms with van der Waals surface area (Å²) >= 11 is 0. The SMILES string of the molecule is CCC1[CH-]C(C)C(CC)C1.[Y]. The van der Waals surface area contributed by atoms with Crippen molar-refractivity contribution in [1.82, 2.24) is 0 Å². The monoisotopic (exact) mass is 228 g/mol. The Morgan fingerprint density at radius 3 is 2.18 bits per heavy atom. The van der Waals surface area contributed by atoms with Gasteiger partial charge in [-0.15, -0.1) is 0 Å². The average Bonchev–Trinajstić information content (AvgIpc) is 2.30. The molecule has 1 aliphatic rings. The molecule has 0 nitrogen and oxygen atoms in total. The van der Waals surface area contributed by atoms with Gasteiger partial charge in [0.25, 0.3) is 0 Å². The minimum Gasteiger partial charge on any atom is -0.322 e. The Balaban J connectivity index is 0.000001000. The summed E-state index contributed by atoms with van der Waals surface area (Å²) in [6.45, 7) is 6.98. The summed E-state index contributed by atoms with van der Waals surface area (Å²) in [4.78, 5) is 0. The van der Waals surface area contributed by atoms with Crippen molar-refractivity contribution in [2.45, 2.75) is 40.0 Å². The maximum atomic E-state index is 2.55. The topological polar surface area (TPSA) is 0 Å². The maximum Gasteiger partial charge on any atom is 0 e. The summed E-state index contributed by atoms with van der Waals surface area (Å²) < 4.78 is 0. The van der Waals surface area contributed by atoms with Crippen LogP contribution < -0.4 is 0 Å². The van der Waals surface area contributed by atoms with Gasteiger partial charge in [0.2, 0.25) is 0 Å². The van der Waals surface area contributed by atoms with Gasteiger partial charge in [-0.25, -0.2) is 0 Å². The number of hydrogen-bond donors (Lipinski definition) is 0. The van der Waals surface area contributed by atoms with Crippen LogP contribution in [0.25, 0.3) is 0 Å². The summed E-state index contributed by atoms with van der Waals surface area (Å²) in [6, 6.07) is 0.